The van der Waals surface area contributed by atoms with E-state index in [1.165, 1.54) is 0 Å². The van der Waals surface area contributed by atoms with Crippen molar-refractivity contribution < 1.29 is 18.7 Å². The summed E-state index contributed by atoms with van der Waals surface area (Å²) in [4.78, 5) is 14.8. The number of hydrogen-bond donors (Lipinski definition) is 0. The number of halogens is 2. The van der Waals surface area contributed by atoms with Gasteiger partial charge in [0.05, 0.1) is 16.5 Å². The van der Waals surface area contributed by atoms with Crippen molar-refractivity contribution in [3.8, 4) is 23.0 Å². The molecule has 2 aromatic carbocycles. The van der Waals surface area contributed by atoms with Crippen molar-refractivity contribution in [1.29, 1.82) is 0 Å². The van der Waals surface area contributed by atoms with Crippen LogP contribution in [0, 0.1) is 0 Å². The highest BCUT2D eigenvalue weighted by molar-refractivity contribution is 9.10. The molecule has 3 aromatic rings. The lowest BCUT2D eigenvalue weighted by molar-refractivity contribution is 0.0698. The molecule has 0 spiro atoms. The van der Waals surface area contributed by atoms with Crippen LogP contribution in [0.4, 0.5) is 0 Å². The van der Waals surface area contributed by atoms with E-state index in [0.29, 0.717) is 47.0 Å². The Kier molecular flexibility index (Phi) is 5.12. The van der Waals surface area contributed by atoms with Crippen LogP contribution in [0.5, 0.6) is 11.5 Å². The lowest BCUT2D eigenvalue weighted by Crippen LogP contribution is -2.39. The highest BCUT2D eigenvalue weighted by Crippen LogP contribution is 2.36. The molecule has 1 atom stereocenters. The van der Waals surface area contributed by atoms with E-state index in [2.05, 4.69) is 26.1 Å². The van der Waals surface area contributed by atoms with Crippen LogP contribution >= 0.6 is 27.5 Å². The quantitative estimate of drug-likeness (QED) is 0.520. The average Bonchev–Trinajstić information content (AvgIpc) is 3.44. The van der Waals surface area contributed by atoms with Crippen LogP contribution in [0.1, 0.15) is 35.0 Å². The van der Waals surface area contributed by atoms with Crippen molar-refractivity contribution >= 4 is 33.4 Å². The zero-order valence-corrected chi connectivity index (χ0v) is 18.1. The molecular formula is C21H17BrClN3O4. The second-order valence-corrected chi connectivity index (χ2v) is 8.55. The number of ether oxygens (including phenoxy) is 2. The van der Waals surface area contributed by atoms with Crippen molar-refractivity contribution in [3.05, 3.63) is 57.3 Å². The fraction of sp³-hybridized carbons (Fsp3) is 0.286. The molecule has 0 aliphatic carbocycles. The number of amides is 1. The summed E-state index contributed by atoms with van der Waals surface area (Å²) in [6, 6.07) is 10.8. The first-order valence-corrected chi connectivity index (χ1v) is 10.7. The highest BCUT2D eigenvalue weighted by atomic mass is 79.9. The molecule has 0 bridgehead atoms. The monoisotopic (exact) mass is 489 g/mol. The second kappa shape index (κ2) is 7.92. The molecule has 0 radical (unpaired) electrons. The lowest BCUT2D eigenvalue weighted by atomic mass is 9.97. The Balaban J connectivity index is 1.34. The van der Waals surface area contributed by atoms with Gasteiger partial charge in [-0.3, -0.25) is 4.79 Å². The first kappa shape index (κ1) is 19.4. The third-order valence-corrected chi connectivity index (χ3v) is 6.10. The summed E-state index contributed by atoms with van der Waals surface area (Å²) in [5.41, 5.74) is 1.25. The maximum Gasteiger partial charge on any atom is 0.255 e. The van der Waals surface area contributed by atoms with Crippen LogP contribution in [-0.4, -0.2) is 40.9 Å². The molecule has 1 saturated heterocycles. The van der Waals surface area contributed by atoms with Crippen molar-refractivity contribution in [2.24, 2.45) is 0 Å². The summed E-state index contributed by atoms with van der Waals surface area (Å²) in [6.45, 7) is 1.38. The Bertz CT molecular complexity index is 1120. The number of aromatic nitrogens is 2. The van der Waals surface area contributed by atoms with Crippen molar-refractivity contribution in [2.75, 3.05) is 19.9 Å². The summed E-state index contributed by atoms with van der Waals surface area (Å²) in [6.07, 6.45) is 1.72. The first-order chi connectivity index (χ1) is 14.6. The van der Waals surface area contributed by atoms with E-state index in [9.17, 15) is 4.79 Å². The molecule has 3 heterocycles. The van der Waals surface area contributed by atoms with Crippen LogP contribution < -0.4 is 9.47 Å². The van der Waals surface area contributed by atoms with E-state index in [0.717, 1.165) is 22.9 Å². The zero-order valence-electron chi connectivity index (χ0n) is 15.8. The molecular weight excluding hydrogens is 474 g/mol. The van der Waals surface area contributed by atoms with Gasteiger partial charge in [0, 0.05) is 23.1 Å². The van der Waals surface area contributed by atoms with E-state index < -0.39 is 0 Å². The third kappa shape index (κ3) is 3.65. The maximum atomic E-state index is 13.0. The molecule has 1 unspecified atom stereocenters. The SMILES string of the molecule is O=C(c1cc(Br)ccc1Cl)N1CCCC(c2nnc(-c3ccc4c(c3)OCO4)o2)C1. The Morgan fingerprint density at radius 2 is 2.00 bits per heavy atom. The third-order valence-electron chi connectivity index (χ3n) is 5.28. The number of carbonyl (C=O) groups excluding carboxylic acids is 1. The Hall–Kier alpha value is -2.58. The molecule has 2 aliphatic rings. The van der Waals surface area contributed by atoms with Crippen LogP contribution in [0.3, 0.4) is 0 Å². The van der Waals surface area contributed by atoms with Gasteiger partial charge in [0.2, 0.25) is 18.6 Å². The van der Waals surface area contributed by atoms with E-state index in [4.69, 9.17) is 25.5 Å². The van der Waals surface area contributed by atoms with E-state index in [1.54, 1.807) is 17.0 Å². The van der Waals surface area contributed by atoms with Crippen LogP contribution in [0.25, 0.3) is 11.5 Å². The van der Waals surface area contributed by atoms with Gasteiger partial charge in [-0.2, -0.15) is 0 Å². The molecule has 1 aromatic heterocycles. The fourth-order valence-corrected chi connectivity index (χ4v) is 4.30. The molecule has 1 fully saturated rings. The fourth-order valence-electron chi connectivity index (χ4n) is 3.74. The number of nitrogens with zero attached hydrogens (tertiary/aromatic N) is 3. The summed E-state index contributed by atoms with van der Waals surface area (Å²) >= 11 is 9.65. The Morgan fingerprint density at radius 1 is 1.13 bits per heavy atom. The topological polar surface area (TPSA) is 77.7 Å². The van der Waals surface area contributed by atoms with Crippen molar-refractivity contribution in [2.45, 2.75) is 18.8 Å². The number of hydrogen-bond acceptors (Lipinski definition) is 6. The largest absolute Gasteiger partial charge is 0.454 e. The van der Waals surface area contributed by atoms with Crippen LogP contribution in [0.2, 0.25) is 5.02 Å². The predicted octanol–water partition coefficient (Wildman–Crippen LogP) is 4.90. The molecule has 1 amide bonds. The minimum Gasteiger partial charge on any atom is -0.454 e. The Morgan fingerprint density at radius 3 is 2.90 bits per heavy atom. The van der Waals surface area contributed by atoms with Gasteiger partial charge in [-0.1, -0.05) is 27.5 Å². The molecule has 9 heteroatoms. The van der Waals surface area contributed by atoms with Crippen LogP contribution in [0.15, 0.2) is 45.3 Å². The average molecular weight is 491 g/mol. The van der Waals surface area contributed by atoms with Gasteiger partial charge in [0.15, 0.2) is 11.5 Å². The number of carbonyl (C=O) groups is 1. The molecule has 154 valence electrons. The summed E-state index contributed by atoms with van der Waals surface area (Å²) in [7, 11) is 0. The smallest absolute Gasteiger partial charge is 0.255 e. The molecule has 5 rings (SSSR count). The standard InChI is InChI=1S/C21H17BrClN3O4/c22-14-4-5-16(23)15(9-14)21(27)26-7-1-2-13(10-26)20-25-24-19(30-20)12-3-6-17-18(8-12)29-11-28-17/h3-6,8-9,13H,1-2,7,10-11H2. The molecule has 7 nitrogen and oxygen atoms in total. The van der Waals surface area contributed by atoms with Gasteiger partial charge in [-0.25, -0.2) is 0 Å². The number of likely N-dealkylation sites (tertiary alicyclic amines) is 1. The predicted molar refractivity (Wildman–Crippen MR) is 113 cm³/mol. The van der Waals surface area contributed by atoms with Gasteiger partial charge >= 0.3 is 0 Å². The molecule has 2 aliphatic heterocycles. The number of piperidine rings is 1. The summed E-state index contributed by atoms with van der Waals surface area (Å²) < 4.78 is 17.5. The van der Waals surface area contributed by atoms with Gasteiger partial charge in [0.1, 0.15) is 0 Å². The van der Waals surface area contributed by atoms with E-state index in [1.807, 2.05) is 24.3 Å². The van der Waals surface area contributed by atoms with Gasteiger partial charge in [-0.15, -0.1) is 10.2 Å². The number of rotatable bonds is 3. The van der Waals surface area contributed by atoms with Crippen molar-refractivity contribution in [1.82, 2.24) is 15.1 Å². The summed E-state index contributed by atoms with van der Waals surface area (Å²) in [5.74, 6) is 2.19. The minimum absolute atomic E-state index is 0.0242. The highest BCUT2D eigenvalue weighted by Gasteiger charge is 2.30. The first-order valence-electron chi connectivity index (χ1n) is 9.56. The second-order valence-electron chi connectivity index (χ2n) is 7.23. The van der Waals surface area contributed by atoms with Gasteiger partial charge in [0.25, 0.3) is 5.91 Å². The van der Waals surface area contributed by atoms with E-state index >= 15 is 0 Å². The number of fused-ring (bicyclic) bond motifs is 1. The van der Waals surface area contributed by atoms with Gasteiger partial charge in [-0.05, 0) is 49.2 Å². The normalized spacial score (nSPS) is 17.9. The molecule has 0 saturated carbocycles. The van der Waals surface area contributed by atoms with Crippen molar-refractivity contribution in [3.63, 3.8) is 0 Å². The number of benzene rings is 2. The molecule has 30 heavy (non-hydrogen) atoms. The lowest BCUT2D eigenvalue weighted by Gasteiger charge is -2.31. The van der Waals surface area contributed by atoms with Gasteiger partial charge < -0.3 is 18.8 Å². The zero-order chi connectivity index (χ0) is 20.7. The molecule has 0 N–H and O–H groups in total. The minimum atomic E-state index is -0.0958. The van der Waals surface area contributed by atoms with Crippen LogP contribution in [-0.2, 0) is 0 Å². The maximum absolute atomic E-state index is 13.0. The summed E-state index contributed by atoms with van der Waals surface area (Å²) in [5, 5.41) is 8.88. The van der Waals surface area contributed by atoms with E-state index in [-0.39, 0.29) is 18.6 Å². The Labute approximate surface area is 186 Å².